The number of aromatic nitrogens is 2. The number of ether oxygens (including phenoxy) is 1. The zero-order valence-corrected chi connectivity index (χ0v) is 18.8. The summed E-state index contributed by atoms with van der Waals surface area (Å²) in [7, 11) is 0. The summed E-state index contributed by atoms with van der Waals surface area (Å²) in [4.78, 5) is 32.0. The number of Topliss-reactive ketones (excluding diaryl/α,β-unsaturated/α-hetero) is 1. The highest BCUT2D eigenvalue weighted by atomic mass is 35.5. The molecule has 1 saturated heterocycles. The van der Waals surface area contributed by atoms with Crippen LogP contribution in [0.5, 0.6) is 0 Å². The molecular formula is C23H25ClN3O3S+. The second kappa shape index (κ2) is 10.4. The summed E-state index contributed by atoms with van der Waals surface area (Å²) in [5, 5.41) is 1.79. The van der Waals surface area contributed by atoms with Crippen LogP contribution in [0.2, 0.25) is 5.02 Å². The minimum atomic E-state index is -0.0518. The highest BCUT2D eigenvalue weighted by molar-refractivity contribution is 7.99. The van der Waals surface area contributed by atoms with Gasteiger partial charge < -0.3 is 9.64 Å². The number of fused-ring (bicyclic) bond motifs is 1. The molecule has 0 aliphatic carbocycles. The van der Waals surface area contributed by atoms with Gasteiger partial charge in [0.05, 0.1) is 36.4 Å². The number of rotatable bonds is 8. The molecule has 6 nitrogen and oxygen atoms in total. The van der Waals surface area contributed by atoms with Crippen LogP contribution in [0.3, 0.4) is 0 Å². The average molecular weight is 459 g/mol. The third-order valence-corrected chi connectivity index (χ3v) is 6.67. The molecule has 162 valence electrons. The summed E-state index contributed by atoms with van der Waals surface area (Å²) in [5.41, 5.74) is 1.20. The number of thioether (sulfide) groups is 1. The molecule has 1 aromatic heterocycles. The van der Waals surface area contributed by atoms with Gasteiger partial charge in [0.15, 0.2) is 10.9 Å². The Balaban J connectivity index is 1.52. The topological polar surface area (TPSA) is 65.6 Å². The first-order chi connectivity index (χ1) is 15.1. The van der Waals surface area contributed by atoms with Crippen LogP contribution in [0.15, 0.2) is 58.5 Å². The normalized spacial score (nSPS) is 14.7. The molecule has 1 fully saturated rings. The maximum absolute atomic E-state index is 13.2. The Kier molecular flexibility index (Phi) is 7.40. The number of nitrogens with zero attached hydrogens (tertiary/aromatic N) is 2. The molecule has 1 aliphatic rings. The second-order valence-corrected chi connectivity index (χ2v) is 8.93. The molecule has 0 atom stereocenters. The molecule has 0 unspecified atom stereocenters. The summed E-state index contributed by atoms with van der Waals surface area (Å²) in [6, 6.07) is 14.2. The van der Waals surface area contributed by atoms with Gasteiger partial charge in [-0.3, -0.25) is 14.2 Å². The van der Waals surface area contributed by atoms with E-state index in [1.807, 2.05) is 24.3 Å². The predicted molar refractivity (Wildman–Crippen MR) is 124 cm³/mol. The van der Waals surface area contributed by atoms with Crippen molar-refractivity contribution in [3.63, 3.8) is 0 Å². The Bertz CT molecular complexity index is 1110. The van der Waals surface area contributed by atoms with Crippen LogP contribution in [-0.4, -0.2) is 53.9 Å². The molecule has 0 radical (unpaired) electrons. The Morgan fingerprint density at radius 1 is 1.13 bits per heavy atom. The van der Waals surface area contributed by atoms with Crippen LogP contribution in [0.1, 0.15) is 16.8 Å². The number of nitrogens with one attached hydrogen (secondary N) is 1. The van der Waals surface area contributed by atoms with Crippen molar-refractivity contribution in [3.05, 3.63) is 69.5 Å². The third-order valence-electron chi connectivity index (χ3n) is 5.44. The summed E-state index contributed by atoms with van der Waals surface area (Å²) in [6.07, 6.45) is 0.869. The molecule has 3 aromatic rings. The number of carbonyl (C=O) groups excluding carboxylic acids is 1. The van der Waals surface area contributed by atoms with Crippen molar-refractivity contribution in [1.29, 1.82) is 0 Å². The van der Waals surface area contributed by atoms with Gasteiger partial charge in [-0.2, -0.15) is 0 Å². The molecule has 1 N–H and O–H groups in total. The van der Waals surface area contributed by atoms with Crippen LogP contribution >= 0.6 is 23.4 Å². The summed E-state index contributed by atoms with van der Waals surface area (Å²) in [6.45, 7) is 5.15. The van der Waals surface area contributed by atoms with E-state index in [-0.39, 0.29) is 17.1 Å². The zero-order valence-electron chi connectivity index (χ0n) is 17.2. The van der Waals surface area contributed by atoms with Crippen molar-refractivity contribution >= 4 is 40.0 Å². The standard InChI is InChI=1S/C23H24ClN3O3S/c24-18-8-6-17(7-9-18)21(28)16-31-23-25-20-5-2-1-4-19(20)22(29)27(23)11-3-10-26-12-14-30-15-13-26/h1-2,4-9H,3,10-16H2/p+1. The highest BCUT2D eigenvalue weighted by Gasteiger charge is 2.16. The minimum Gasteiger partial charge on any atom is -0.370 e. The van der Waals surface area contributed by atoms with Gasteiger partial charge in [0, 0.05) is 23.6 Å². The fraction of sp³-hybridized carbons (Fsp3) is 0.348. The quantitative estimate of drug-likeness (QED) is 0.319. The Morgan fingerprint density at radius 2 is 1.87 bits per heavy atom. The molecule has 0 amide bonds. The minimum absolute atomic E-state index is 0.0200. The molecule has 1 aliphatic heterocycles. The average Bonchev–Trinajstić information content (AvgIpc) is 2.80. The molecule has 0 bridgehead atoms. The number of benzene rings is 2. The zero-order chi connectivity index (χ0) is 21.6. The first-order valence-electron chi connectivity index (χ1n) is 10.4. The van der Waals surface area contributed by atoms with E-state index in [4.69, 9.17) is 21.3 Å². The number of ketones is 1. The van der Waals surface area contributed by atoms with Gasteiger partial charge in [-0.15, -0.1) is 0 Å². The lowest BCUT2D eigenvalue weighted by molar-refractivity contribution is -0.908. The molecule has 2 aromatic carbocycles. The van der Waals surface area contributed by atoms with Crippen molar-refractivity contribution in [2.75, 3.05) is 38.6 Å². The largest absolute Gasteiger partial charge is 0.370 e. The third kappa shape index (κ3) is 5.54. The first kappa shape index (κ1) is 22.0. The van der Waals surface area contributed by atoms with Crippen molar-refractivity contribution in [2.45, 2.75) is 18.1 Å². The molecule has 0 saturated carbocycles. The molecule has 8 heteroatoms. The Hall–Kier alpha value is -2.19. The van der Waals surface area contributed by atoms with Gasteiger partial charge in [-0.05, 0) is 36.4 Å². The smallest absolute Gasteiger partial charge is 0.262 e. The second-order valence-electron chi connectivity index (χ2n) is 7.55. The van der Waals surface area contributed by atoms with Crippen molar-refractivity contribution in [1.82, 2.24) is 9.55 Å². The van der Waals surface area contributed by atoms with E-state index < -0.39 is 0 Å². The van der Waals surface area contributed by atoms with E-state index in [0.717, 1.165) is 39.3 Å². The maximum atomic E-state index is 13.2. The summed E-state index contributed by atoms with van der Waals surface area (Å²) >= 11 is 7.23. The number of morpholine rings is 1. The highest BCUT2D eigenvalue weighted by Crippen LogP contribution is 2.20. The van der Waals surface area contributed by atoms with Crippen molar-refractivity contribution in [2.24, 2.45) is 0 Å². The number of halogens is 1. The first-order valence-corrected chi connectivity index (χ1v) is 11.8. The van der Waals surface area contributed by atoms with Crippen molar-refractivity contribution < 1.29 is 14.4 Å². The molecule has 4 rings (SSSR count). The number of carbonyl (C=O) groups is 1. The SMILES string of the molecule is O=C(CSc1nc2ccccc2c(=O)n1CCC[NH+]1CCOCC1)c1ccc(Cl)cc1. The number of hydrogen-bond donors (Lipinski definition) is 1. The maximum Gasteiger partial charge on any atom is 0.262 e. The van der Waals surface area contributed by atoms with E-state index >= 15 is 0 Å². The Morgan fingerprint density at radius 3 is 2.65 bits per heavy atom. The van der Waals surface area contributed by atoms with Gasteiger partial charge >= 0.3 is 0 Å². The van der Waals surface area contributed by atoms with Gasteiger partial charge in [0.2, 0.25) is 0 Å². The van der Waals surface area contributed by atoms with Gasteiger partial charge in [0.1, 0.15) is 13.1 Å². The summed E-state index contributed by atoms with van der Waals surface area (Å²) in [5.74, 6) is 0.189. The van der Waals surface area contributed by atoms with Crippen LogP contribution < -0.4 is 10.5 Å². The van der Waals surface area contributed by atoms with E-state index in [1.165, 1.54) is 16.7 Å². The van der Waals surface area contributed by atoms with E-state index in [0.29, 0.717) is 33.2 Å². The van der Waals surface area contributed by atoms with Crippen molar-refractivity contribution in [3.8, 4) is 0 Å². The van der Waals surface area contributed by atoms with Crippen LogP contribution in [-0.2, 0) is 11.3 Å². The van der Waals surface area contributed by atoms with Gasteiger partial charge in [-0.1, -0.05) is 35.5 Å². The lowest BCUT2D eigenvalue weighted by Gasteiger charge is -2.24. The Labute approximate surface area is 190 Å². The lowest BCUT2D eigenvalue weighted by Crippen LogP contribution is -3.14. The summed E-state index contributed by atoms with van der Waals surface area (Å²) < 4.78 is 7.14. The predicted octanol–water partition coefficient (Wildman–Crippen LogP) is 2.33. The fourth-order valence-corrected chi connectivity index (χ4v) is 4.75. The molecule has 0 spiro atoms. The monoisotopic (exact) mass is 458 g/mol. The fourth-order valence-electron chi connectivity index (χ4n) is 3.70. The number of para-hydroxylation sites is 1. The number of hydrogen-bond acceptors (Lipinski definition) is 5. The van der Waals surface area contributed by atoms with Gasteiger partial charge in [-0.25, -0.2) is 4.98 Å². The number of quaternary nitrogens is 1. The van der Waals surface area contributed by atoms with E-state index in [9.17, 15) is 9.59 Å². The van der Waals surface area contributed by atoms with E-state index in [2.05, 4.69) is 0 Å². The van der Waals surface area contributed by atoms with E-state index in [1.54, 1.807) is 28.8 Å². The van der Waals surface area contributed by atoms with Gasteiger partial charge in [0.25, 0.3) is 5.56 Å². The molecule has 2 heterocycles. The molecular weight excluding hydrogens is 434 g/mol. The van der Waals surface area contributed by atoms with Crippen LogP contribution in [0.25, 0.3) is 10.9 Å². The molecule has 31 heavy (non-hydrogen) atoms. The van der Waals surface area contributed by atoms with Crippen LogP contribution in [0, 0.1) is 0 Å². The lowest BCUT2D eigenvalue weighted by atomic mass is 10.1. The van der Waals surface area contributed by atoms with Crippen LogP contribution in [0.4, 0.5) is 0 Å².